The fraction of sp³-hybridized carbons (Fsp3) is 0.714. The first-order valence-corrected chi connectivity index (χ1v) is 6.69. The molecular formula is C14H23N3O2. The summed E-state index contributed by atoms with van der Waals surface area (Å²) in [5, 5.41) is 0. The van der Waals surface area contributed by atoms with Gasteiger partial charge in [-0.25, -0.2) is 9.97 Å². The molecule has 2 rings (SSSR count). The molecule has 5 heteroatoms. The normalized spacial score (nSPS) is 22.5. The van der Waals surface area contributed by atoms with Gasteiger partial charge in [-0.05, 0) is 33.7 Å². The topological polar surface area (TPSA) is 47.5 Å². The number of hydrogen-bond acceptors (Lipinski definition) is 5. The van der Waals surface area contributed by atoms with Gasteiger partial charge in [0, 0.05) is 37.2 Å². The van der Waals surface area contributed by atoms with Gasteiger partial charge >= 0.3 is 6.01 Å². The van der Waals surface area contributed by atoms with Gasteiger partial charge in [0.1, 0.15) is 0 Å². The van der Waals surface area contributed by atoms with E-state index in [-0.39, 0.29) is 5.60 Å². The van der Waals surface area contributed by atoms with Crippen LogP contribution in [0.15, 0.2) is 12.4 Å². The van der Waals surface area contributed by atoms with Crippen LogP contribution in [-0.4, -0.2) is 47.3 Å². The first-order valence-electron chi connectivity index (χ1n) is 6.69. The van der Waals surface area contributed by atoms with Gasteiger partial charge in [0.05, 0.1) is 12.7 Å². The molecule has 0 amide bonds. The lowest BCUT2D eigenvalue weighted by atomic mass is 9.93. The van der Waals surface area contributed by atoms with Gasteiger partial charge in [0.15, 0.2) is 0 Å². The summed E-state index contributed by atoms with van der Waals surface area (Å²) < 4.78 is 10.7. The van der Waals surface area contributed by atoms with Crippen molar-refractivity contribution in [2.75, 3.05) is 20.8 Å². The fourth-order valence-corrected chi connectivity index (χ4v) is 2.52. The molecule has 0 N–H and O–H groups in total. The van der Waals surface area contributed by atoms with Gasteiger partial charge < -0.3 is 9.47 Å². The first kappa shape index (κ1) is 14.2. The predicted molar refractivity (Wildman–Crippen MR) is 73.1 cm³/mol. The van der Waals surface area contributed by atoms with Crippen LogP contribution < -0.4 is 4.74 Å². The second kappa shape index (κ2) is 5.84. The molecule has 0 bridgehead atoms. The molecule has 1 aromatic rings. The Kier molecular flexibility index (Phi) is 4.37. The Bertz CT molecular complexity index is 406. The number of methoxy groups -OCH3 is 1. The third-order valence-corrected chi connectivity index (χ3v) is 3.59. The summed E-state index contributed by atoms with van der Waals surface area (Å²) in [5.74, 6) is 0. The monoisotopic (exact) mass is 265 g/mol. The molecule has 1 aromatic heterocycles. The lowest BCUT2D eigenvalue weighted by Gasteiger charge is -2.39. The number of nitrogens with zero attached hydrogens (tertiary/aromatic N) is 3. The van der Waals surface area contributed by atoms with Crippen LogP contribution in [0, 0.1) is 0 Å². The van der Waals surface area contributed by atoms with Crippen molar-refractivity contribution in [3.8, 4) is 6.01 Å². The van der Waals surface area contributed by atoms with Crippen molar-refractivity contribution in [3.05, 3.63) is 18.0 Å². The Morgan fingerprint density at radius 3 is 2.68 bits per heavy atom. The van der Waals surface area contributed by atoms with Gasteiger partial charge in [-0.1, -0.05) is 0 Å². The van der Waals surface area contributed by atoms with E-state index in [1.54, 1.807) is 7.11 Å². The van der Waals surface area contributed by atoms with Crippen LogP contribution >= 0.6 is 0 Å². The lowest BCUT2D eigenvalue weighted by Crippen LogP contribution is -2.44. The Morgan fingerprint density at radius 1 is 1.42 bits per heavy atom. The van der Waals surface area contributed by atoms with Crippen molar-refractivity contribution in [3.63, 3.8) is 0 Å². The quantitative estimate of drug-likeness (QED) is 0.832. The van der Waals surface area contributed by atoms with E-state index in [2.05, 4.69) is 35.8 Å². The van der Waals surface area contributed by atoms with E-state index in [0.29, 0.717) is 12.1 Å². The molecule has 1 fully saturated rings. The zero-order chi connectivity index (χ0) is 13.9. The largest absolute Gasteiger partial charge is 0.467 e. The Hall–Kier alpha value is -1.20. The van der Waals surface area contributed by atoms with E-state index in [4.69, 9.17) is 9.47 Å². The maximum absolute atomic E-state index is 5.76. The summed E-state index contributed by atoms with van der Waals surface area (Å²) in [7, 11) is 3.72. The highest BCUT2D eigenvalue weighted by Gasteiger charge is 2.30. The summed E-state index contributed by atoms with van der Waals surface area (Å²) in [4.78, 5) is 10.6. The van der Waals surface area contributed by atoms with E-state index in [1.165, 1.54) is 0 Å². The van der Waals surface area contributed by atoms with Gasteiger partial charge in [-0.3, -0.25) is 4.90 Å². The van der Waals surface area contributed by atoms with E-state index in [9.17, 15) is 0 Å². The second-order valence-electron chi connectivity index (χ2n) is 5.75. The summed E-state index contributed by atoms with van der Waals surface area (Å²) in [6, 6.07) is 0.962. The SMILES string of the molecule is COc1ncc(CN(C)C2CCOC(C)(C)C2)cn1. The van der Waals surface area contributed by atoms with Crippen molar-refractivity contribution in [2.45, 2.75) is 44.9 Å². The van der Waals surface area contributed by atoms with Crippen LogP contribution in [-0.2, 0) is 11.3 Å². The van der Waals surface area contributed by atoms with E-state index >= 15 is 0 Å². The van der Waals surface area contributed by atoms with Crippen LogP contribution in [0.3, 0.4) is 0 Å². The maximum Gasteiger partial charge on any atom is 0.316 e. The lowest BCUT2D eigenvalue weighted by molar-refractivity contribution is -0.0809. The van der Waals surface area contributed by atoms with E-state index < -0.39 is 0 Å². The van der Waals surface area contributed by atoms with Gasteiger partial charge in [-0.15, -0.1) is 0 Å². The smallest absolute Gasteiger partial charge is 0.316 e. The molecule has 1 saturated heterocycles. The fourth-order valence-electron chi connectivity index (χ4n) is 2.52. The standard InChI is InChI=1S/C14H23N3O2/c1-14(2)7-12(5-6-19-14)17(3)10-11-8-15-13(18-4)16-9-11/h8-9,12H,5-7,10H2,1-4H3. The molecular weight excluding hydrogens is 242 g/mol. The van der Waals surface area contributed by atoms with Gasteiger partial charge in [0.25, 0.3) is 0 Å². The zero-order valence-electron chi connectivity index (χ0n) is 12.2. The summed E-state index contributed by atoms with van der Waals surface area (Å²) in [5.41, 5.74) is 1.08. The summed E-state index contributed by atoms with van der Waals surface area (Å²) in [6.45, 7) is 6.00. The number of ether oxygens (including phenoxy) is 2. The summed E-state index contributed by atoms with van der Waals surface area (Å²) in [6.07, 6.45) is 5.79. The Labute approximate surface area is 115 Å². The highest BCUT2D eigenvalue weighted by molar-refractivity contribution is 5.07. The van der Waals surface area contributed by atoms with Crippen molar-refractivity contribution in [1.82, 2.24) is 14.9 Å². The maximum atomic E-state index is 5.76. The van der Waals surface area contributed by atoms with Crippen LogP contribution in [0.25, 0.3) is 0 Å². The van der Waals surface area contributed by atoms with Crippen molar-refractivity contribution in [1.29, 1.82) is 0 Å². The molecule has 1 unspecified atom stereocenters. The highest BCUT2D eigenvalue weighted by atomic mass is 16.5. The first-order chi connectivity index (χ1) is 9.00. The molecule has 2 heterocycles. The number of aromatic nitrogens is 2. The highest BCUT2D eigenvalue weighted by Crippen LogP contribution is 2.27. The molecule has 0 radical (unpaired) electrons. The average Bonchev–Trinajstić information content (AvgIpc) is 2.38. The van der Waals surface area contributed by atoms with Crippen molar-refractivity contribution < 1.29 is 9.47 Å². The molecule has 0 spiro atoms. The number of rotatable bonds is 4. The van der Waals surface area contributed by atoms with Crippen LogP contribution in [0.1, 0.15) is 32.3 Å². The minimum Gasteiger partial charge on any atom is -0.467 e. The number of hydrogen-bond donors (Lipinski definition) is 0. The van der Waals surface area contributed by atoms with E-state index in [0.717, 1.165) is 31.6 Å². The predicted octanol–water partition coefficient (Wildman–Crippen LogP) is 1.87. The molecule has 1 aliphatic rings. The molecule has 0 aromatic carbocycles. The summed E-state index contributed by atoms with van der Waals surface area (Å²) >= 11 is 0. The van der Waals surface area contributed by atoms with Crippen molar-refractivity contribution in [2.24, 2.45) is 0 Å². The molecule has 5 nitrogen and oxygen atoms in total. The second-order valence-corrected chi connectivity index (χ2v) is 5.75. The third kappa shape index (κ3) is 3.88. The van der Waals surface area contributed by atoms with E-state index in [1.807, 2.05) is 12.4 Å². The van der Waals surface area contributed by atoms with Gasteiger partial charge in [0.2, 0.25) is 0 Å². The minimum atomic E-state index is -0.0203. The molecule has 1 atom stereocenters. The Morgan fingerprint density at radius 2 is 2.11 bits per heavy atom. The third-order valence-electron chi connectivity index (χ3n) is 3.59. The van der Waals surface area contributed by atoms with Crippen LogP contribution in [0.2, 0.25) is 0 Å². The Balaban J connectivity index is 1.94. The van der Waals surface area contributed by atoms with Crippen molar-refractivity contribution >= 4 is 0 Å². The minimum absolute atomic E-state index is 0.0203. The molecule has 0 aliphatic carbocycles. The van der Waals surface area contributed by atoms with Crippen LogP contribution in [0.5, 0.6) is 6.01 Å². The average molecular weight is 265 g/mol. The molecule has 1 aliphatic heterocycles. The van der Waals surface area contributed by atoms with Crippen LogP contribution in [0.4, 0.5) is 0 Å². The molecule has 106 valence electrons. The molecule has 0 saturated carbocycles. The van der Waals surface area contributed by atoms with Gasteiger partial charge in [-0.2, -0.15) is 0 Å². The molecule has 19 heavy (non-hydrogen) atoms. The zero-order valence-corrected chi connectivity index (χ0v) is 12.2.